The molecular formula is C20H21N3O4. The number of non-ortho nitro benzene ring substituents is 1. The largest absolute Gasteiger partial charge is 0.352 e. The summed E-state index contributed by atoms with van der Waals surface area (Å²) in [4.78, 5) is 34.0. The summed E-state index contributed by atoms with van der Waals surface area (Å²) in [5.74, 6) is -0.479. The number of benzene rings is 2. The van der Waals surface area contributed by atoms with Crippen molar-refractivity contribution in [2.45, 2.75) is 19.8 Å². The molecule has 0 heterocycles. The molecule has 140 valence electrons. The fourth-order valence-corrected chi connectivity index (χ4v) is 2.25. The highest BCUT2D eigenvalue weighted by Crippen LogP contribution is 2.13. The van der Waals surface area contributed by atoms with Gasteiger partial charge in [-0.05, 0) is 54.5 Å². The molecule has 0 atom stereocenters. The van der Waals surface area contributed by atoms with Crippen LogP contribution >= 0.6 is 0 Å². The van der Waals surface area contributed by atoms with Crippen LogP contribution in [0.2, 0.25) is 0 Å². The van der Waals surface area contributed by atoms with Gasteiger partial charge in [-0.1, -0.05) is 13.3 Å². The lowest BCUT2D eigenvalue weighted by Gasteiger charge is -2.06. The number of anilines is 1. The molecule has 0 saturated carbocycles. The molecule has 7 heteroatoms. The minimum Gasteiger partial charge on any atom is -0.352 e. The van der Waals surface area contributed by atoms with Gasteiger partial charge in [0, 0.05) is 36.0 Å². The van der Waals surface area contributed by atoms with Gasteiger partial charge in [0.2, 0.25) is 5.91 Å². The van der Waals surface area contributed by atoms with Crippen LogP contribution in [0, 0.1) is 10.1 Å². The first-order valence-electron chi connectivity index (χ1n) is 8.61. The van der Waals surface area contributed by atoms with Crippen LogP contribution in [0.15, 0.2) is 54.6 Å². The maximum atomic E-state index is 12.0. The Morgan fingerprint density at radius 1 is 1.07 bits per heavy atom. The van der Waals surface area contributed by atoms with Crippen molar-refractivity contribution >= 4 is 29.3 Å². The van der Waals surface area contributed by atoms with Gasteiger partial charge in [0.1, 0.15) is 0 Å². The molecule has 0 fully saturated rings. The van der Waals surface area contributed by atoms with E-state index in [0.29, 0.717) is 23.4 Å². The molecule has 0 aliphatic heterocycles. The summed E-state index contributed by atoms with van der Waals surface area (Å²) in [6.07, 6.45) is 4.85. The second kappa shape index (κ2) is 9.86. The van der Waals surface area contributed by atoms with Crippen LogP contribution in [0.1, 0.15) is 35.7 Å². The summed E-state index contributed by atoms with van der Waals surface area (Å²) in [5, 5.41) is 16.1. The predicted octanol–water partition coefficient (Wildman–Crippen LogP) is 3.78. The zero-order valence-corrected chi connectivity index (χ0v) is 15.0. The molecule has 7 nitrogen and oxygen atoms in total. The van der Waals surface area contributed by atoms with Crippen LogP contribution in [-0.4, -0.2) is 23.3 Å². The molecule has 2 aromatic carbocycles. The molecule has 0 aliphatic rings. The van der Waals surface area contributed by atoms with Crippen LogP contribution in [0.5, 0.6) is 0 Å². The molecule has 0 unspecified atom stereocenters. The van der Waals surface area contributed by atoms with Gasteiger partial charge in [-0.3, -0.25) is 19.7 Å². The van der Waals surface area contributed by atoms with E-state index in [-0.39, 0.29) is 17.5 Å². The smallest absolute Gasteiger partial charge is 0.269 e. The highest BCUT2D eigenvalue weighted by atomic mass is 16.6. The van der Waals surface area contributed by atoms with E-state index in [9.17, 15) is 19.7 Å². The average molecular weight is 367 g/mol. The average Bonchev–Trinajstić information content (AvgIpc) is 2.67. The molecule has 2 N–H and O–H groups in total. The Hall–Kier alpha value is -3.48. The van der Waals surface area contributed by atoms with E-state index in [1.165, 1.54) is 18.2 Å². The monoisotopic (exact) mass is 367 g/mol. The van der Waals surface area contributed by atoms with E-state index in [1.54, 1.807) is 42.5 Å². The molecule has 0 radical (unpaired) electrons. The van der Waals surface area contributed by atoms with Crippen LogP contribution < -0.4 is 10.6 Å². The number of amides is 2. The fraction of sp³-hybridized carbons (Fsp3) is 0.200. The van der Waals surface area contributed by atoms with E-state index in [0.717, 1.165) is 12.8 Å². The van der Waals surface area contributed by atoms with Crippen molar-refractivity contribution in [3.8, 4) is 0 Å². The number of unbranched alkanes of at least 4 members (excludes halogenated alkanes) is 1. The fourth-order valence-electron chi connectivity index (χ4n) is 2.25. The van der Waals surface area contributed by atoms with Crippen molar-refractivity contribution < 1.29 is 14.5 Å². The maximum Gasteiger partial charge on any atom is 0.269 e. The third-order valence-corrected chi connectivity index (χ3v) is 3.76. The van der Waals surface area contributed by atoms with Gasteiger partial charge in [-0.2, -0.15) is 0 Å². The number of nitro benzene ring substituents is 1. The van der Waals surface area contributed by atoms with Gasteiger partial charge in [0.25, 0.3) is 11.6 Å². The van der Waals surface area contributed by atoms with Gasteiger partial charge >= 0.3 is 0 Å². The minimum absolute atomic E-state index is 0.00424. The second-order valence-electron chi connectivity index (χ2n) is 5.86. The standard InChI is InChI=1S/C20H21N3O4/c1-2-3-14-21-20(25)16-7-9-17(10-8-16)22-19(24)13-6-15-4-11-18(12-5-15)23(26)27/h4-13H,2-3,14H2,1H3,(H,21,25)(H,22,24)/b13-6+. The molecule has 2 aromatic rings. The van der Waals surface area contributed by atoms with Crippen molar-refractivity contribution in [3.05, 3.63) is 75.8 Å². The number of hydrogen-bond acceptors (Lipinski definition) is 4. The molecule has 2 rings (SSSR count). The number of nitrogens with one attached hydrogen (secondary N) is 2. The van der Waals surface area contributed by atoms with Crippen LogP contribution in [0.3, 0.4) is 0 Å². The lowest BCUT2D eigenvalue weighted by molar-refractivity contribution is -0.384. The summed E-state index contributed by atoms with van der Waals surface area (Å²) in [6.45, 7) is 2.70. The molecule has 0 spiro atoms. The van der Waals surface area contributed by atoms with Gasteiger partial charge < -0.3 is 10.6 Å². The van der Waals surface area contributed by atoms with Crippen molar-refractivity contribution in [2.75, 3.05) is 11.9 Å². The molecule has 0 saturated heterocycles. The molecule has 2 amide bonds. The first kappa shape index (κ1) is 19.8. The number of carbonyl (C=O) groups is 2. The summed E-state index contributed by atoms with van der Waals surface area (Å²) in [5.41, 5.74) is 1.77. The lowest BCUT2D eigenvalue weighted by atomic mass is 10.2. The second-order valence-corrected chi connectivity index (χ2v) is 5.86. The summed E-state index contributed by atoms with van der Waals surface area (Å²) >= 11 is 0. The number of nitrogens with zero attached hydrogens (tertiary/aromatic N) is 1. The zero-order chi connectivity index (χ0) is 19.6. The Kier molecular flexibility index (Phi) is 7.25. The topological polar surface area (TPSA) is 101 Å². The van der Waals surface area contributed by atoms with Crippen LogP contribution in [-0.2, 0) is 4.79 Å². The van der Waals surface area contributed by atoms with Gasteiger partial charge in [-0.25, -0.2) is 0 Å². The Bertz CT molecular complexity index is 827. The van der Waals surface area contributed by atoms with Gasteiger partial charge in [-0.15, -0.1) is 0 Å². The summed E-state index contributed by atoms with van der Waals surface area (Å²) in [6, 6.07) is 12.5. The van der Waals surface area contributed by atoms with Crippen molar-refractivity contribution in [3.63, 3.8) is 0 Å². The number of rotatable bonds is 8. The third kappa shape index (κ3) is 6.39. The third-order valence-electron chi connectivity index (χ3n) is 3.76. The molecule has 27 heavy (non-hydrogen) atoms. The molecule has 0 aliphatic carbocycles. The number of hydrogen-bond donors (Lipinski definition) is 2. The SMILES string of the molecule is CCCCNC(=O)c1ccc(NC(=O)/C=C/c2ccc([N+](=O)[O-])cc2)cc1. The highest BCUT2D eigenvalue weighted by molar-refractivity contribution is 6.02. The van der Waals surface area contributed by atoms with E-state index >= 15 is 0 Å². The molecule has 0 bridgehead atoms. The quantitative estimate of drug-likeness (QED) is 0.321. The number of carbonyl (C=O) groups excluding carboxylic acids is 2. The Balaban J connectivity index is 1.89. The van der Waals surface area contributed by atoms with E-state index < -0.39 is 4.92 Å². The van der Waals surface area contributed by atoms with Crippen molar-refractivity contribution in [1.82, 2.24) is 5.32 Å². The predicted molar refractivity (Wildman–Crippen MR) is 104 cm³/mol. The first-order valence-corrected chi connectivity index (χ1v) is 8.61. The Labute approximate surface area is 157 Å². The van der Waals surface area contributed by atoms with Crippen LogP contribution in [0.4, 0.5) is 11.4 Å². The zero-order valence-electron chi connectivity index (χ0n) is 15.0. The molecule has 0 aromatic heterocycles. The van der Waals surface area contributed by atoms with E-state index in [4.69, 9.17) is 0 Å². The number of nitro groups is 1. The van der Waals surface area contributed by atoms with Crippen LogP contribution in [0.25, 0.3) is 6.08 Å². The van der Waals surface area contributed by atoms with Crippen molar-refractivity contribution in [2.24, 2.45) is 0 Å². The van der Waals surface area contributed by atoms with Gasteiger partial charge in [0.05, 0.1) is 4.92 Å². The Morgan fingerprint density at radius 2 is 1.74 bits per heavy atom. The molecular weight excluding hydrogens is 346 g/mol. The van der Waals surface area contributed by atoms with E-state index in [2.05, 4.69) is 17.6 Å². The van der Waals surface area contributed by atoms with Crippen molar-refractivity contribution in [1.29, 1.82) is 0 Å². The summed E-state index contributed by atoms with van der Waals surface area (Å²) < 4.78 is 0. The minimum atomic E-state index is -0.478. The maximum absolute atomic E-state index is 12.0. The highest BCUT2D eigenvalue weighted by Gasteiger charge is 2.06. The van der Waals surface area contributed by atoms with E-state index in [1.807, 2.05) is 0 Å². The lowest BCUT2D eigenvalue weighted by Crippen LogP contribution is -2.24. The van der Waals surface area contributed by atoms with Gasteiger partial charge in [0.15, 0.2) is 0 Å². The first-order chi connectivity index (χ1) is 13.0. The summed E-state index contributed by atoms with van der Waals surface area (Å²) in [7, 11) is 0. The Morgan fingerprint density at radius 3 is 2.33 bits per heavy atom. The normalized spacial score (nSPS) is 10.6.